The Labute approximate surface area is 156 Å². The number of hydrogen-bond acceptors (Lipinski definition) is 5. The molecular formula is C19H22N6O2. The van der Waals surface area contributed by atoms with Crippen molar-refractivity contribution in [3.8, 4) is 0 Å². The maximum atomic E-state index is 12.8. The van der Waals surface area contributed by atoms with Crippen molar-refractivity contribution in [1.29, 1.82) is 0 Å². The Morgan fingerprint density at radius 2 is 1.96 bits per heavy atom. The maximum Gasteiger partial charge on any atom is 0.266 e. The van der Waals surface area contributed by atoms with Gasteiger partial charge in [-0.2, -0.15) is 5.10 Å². The standard InChI is InChI=1S/C19H22N6O2/c1-14-21-16-5-4-15(13-17(16)22-14)19(27)24-10-7-23(8-11-24)9-12-25-18(26)3-2-6-20-25/h2-6,13H,7-12H2,1H3,(H,21,22). The Morgan fingerprint density at radius 3 is 2.74 bits per heavy atom. The number of hydrogen-bond donors (Lipinski definition) is 1. The molecule has 4 rings (SSSR count). The molecule has 140 valence electrons. The van der Waals surface area contributed by atoms with E-state index in [0.717, 1.165) is 36.5 Å². The average Bonchev–Trinajstić information content (AvgIpc) is 3.06. The molecule has 8 heteroatoms. The number of carbonyl (C=O) groups is 1. The summed E-state index contributed by atoms with van der Waals surface area (Å²) in [5, 5.41) is 4.08. The first kappa shape index (κ1) is 17.4. The van der Waals surface area contributed by atoms with Crippen LogP contribution in [-0.2, 0) is 6.54 Å². The van der Waals surface area contributed by atoms with Gasteiger partial charge < -0.3 is 9.88 Å². The highest BCUT2D eigenvalue weighted by atomic mass is 16.2. The van der Waals surface area contributed by atoms with Crippen LogP contribution in [0.4, 0.5) is 0 Å². The normalized spacial score (nSPS) is 15.4. The minimum atomic E-state index is -0.0873. The van der Waals surface area contributed by atoms with E-state index in [4.69, 9.17) is 0 Å². The second-order valence-electron chi connectivity index (χ2n) is 6.77. The Kier molecular flexibility index (Phi) is 4.72. The van der Waals surface area contributed by atoms with Crippen LogP contribution in [0.2, 0.25) is 0 Å². The monoisotopic (exact) mass is 366 g/mol. The first-order chi connectivity index (χ1) is 13.1. The lowest BCUT2D eigenvalue weighted by atomic mass is 10.1. The summed E-state index contributed by atoms with van der Waals surface area (Å²) >= 11 is 0. The smallest absolute Gasteiger partial charge is 0.266 e. The van der Waals surface area contributed by atoms with Gasteiger partial charge in [-0.15, -0.1) is 0 Å². The molecule has 0 aliphatic carbocycles. The molecule has 1 aromatic carbocycles. The third-order valence-corrected chi connectivity index (χ3v) is 4.92. The first-order valence-electron chi connectivity index (χ1n) is 9.10. The number of imidazole rings is 1. The van der Waals surface area contributed by atoms with Crippen LogP contribution in [0, 0.1) is 6.92 Å². The van der Waals surface area contributed by atoms with Gasteiger partial charge in [0.1, 0.15) is 5.82 Å². The molecule has 27 heavy (non-hydrogen) atoms. The first-order valence-corrected chi connectivity index (χ1v) is 9.10. The molecule has 1 N–H and O–H groups in total. The van der Waals surface area contributed by atoms with Gasteiger partial charge in [0.2, 0.25) is 0 Å². The van der Waals surface area contributed by atoms with E-state index in [1.165, 1.54) is 10.7 Å². The van der Waals surface area contributed by atoms with Crippen molar-refractivity contribution < 1.29 is 4.79 Å². The summed E-state index contributed by atoms with van der Waals surface area (Å²) in [6.45, 7) is 6.14. The number of fused-ring (bicyclic) bond motifs is 1. The quantitative estimate of drug-likeness (QED) is 0.741. The third kappa shape index (κ3) is 3.75. The number of aryl methyl sites for hydroxylation is 1. The molecule has 1 aliphatic heterocycles. The van der Waals surface area contributed by atoms with Gasteiger partial charge in [0, 0.05) is 50.6 Å². The number of benzene rings is 1. The van der Waals surface area contributed by atoms with E-state index in [2.05, 4.69) is 20.0 Å². The highest BCUT2D eigenvalue weighted by Gasteiger charge is 2.22. The fourth-order valence-corrected chi connectivity index (χ4v) is 3.42. The van der Waals surface area contributed by atoms with E-state index < -0.39 is 0 Å². The molecule has 1 aliphatic rings. The van der Waals surface area contributed by atoms with Gasteiger partial charge in [0.05, 0.1) is 17.6 Å². The molecule has 3 heterocycles. The molecule has 1 amide bonds. The van der Waals surface area contributed by atoms with Crippen molar-refractivity contribution in [1.82, 2.24) is 29.5 Å². The predicted octanol–water partition coefficient (Wildman–Crippen LogP) is 0.886. The van der Waals surface area contributed by atoms with Crippen LogP contribution in [0.25, 0.3) is 11.0 Å². The number of amides is 1. The average molecular weight is 366 g/mol. The van der Waals surface area contributed by atoms with Crippen LogP contribution in [0.15, 0.2) is 41.3 Å². The Balaban J connectivity index is 1.34. The fourth-order valence-electron chi connectivity index (χ4n) is 3.42. The summed E-state index contributed by atoms with van der Waals surface area (Å²) in [6, 6.07) is 8.75. The Bertz CT molecular complexity index is 1020. The SMILES string of the molecule is Cc1nc2ccc(C(=O)N3CCN(CCn4ncccc4=O)CC3)cc2[nH]1. The molecule has 1 saturated heterocycles. The second kappa shape index (κ2) is 7.32. The number of piperazine rings is 1. The van der Waals surface area contributed by atoms with Crippen LogP contribution in [-0.4, -0.2) is 68.2 Å². The summed E-state index contributed by atoms with van der Waals surface area (Å²) in [5.41, 5.74) is 2.35. The van der Waals surface area contributed by atoms with Gasteiger partial charge in [-0.3, -0.25) is 14.5 Å². The zero-order valence-electron chi connectivity index (χ0n) is 15.3. The van der Waals surface area contributed by atoms with Gasteiger partial charge in [0.25, 0.3) is 11.5 Å². The van der Waals surface area contributed by atoms with Crippen LogP contribution >= 0.6 is 0 Å². The molecular weight excluding hydrogens is 344 g/mol. The van der Waals surface area contributed by atoms with Crippen LogP contribution in [0.5, 0.6) is 0 Å². The molecule has 3 aromatic rings. The van der Waals surface area contributed by atoms with Crippen LogP contribution in [0.1, 0.15) is 16.2 Å². The van der Waals surface area contributed by atoms with E-state index in [1.54, 1.807) is 12.3 Å². The number of aromatic nitrogens is 4. The van der Waals surface area contributed by atoms with Crippen molar-refractivity contribution in [2.24, 2.45) is 0 Å². The van der Waals surface area contributed by atoms with E-state index in [1.807, 2.05) is 30.0 Å². The van der Waals surface area contributed by atoms with Crippen molar-refractivity contribution >= 4 is 16.9 Å². The summed E-state index contributed by atoms with van der Waals surface area (Å²) in [7, 11) is 0. The van der Waals surface area contributed by atoms with Gasteiger partial charge in [0.15, 0.2) is 0 Å². The van der Waals surface area contributed by atoms with Crippen LogP contribution < -0.4 is 5.56 Å². The maximum absolute atomic E-state index is 12.8. The highest BCUT2D eigenvalue weighted by Crippen LogP contribution is 2.16. The highest BCUT2D eigenvalue weighted by molar-refractivity contribution is 5.97. The molecule has 0 radical (unpaired) electrons. The molecule has 0 spiro atoms. The molecule has 1 fully saturated rings. The number of H-pyrrole nitrogens is 1. The summed E-state index contributed by atoms with van der Waals surface area (Å²) < 4.78 is 1.47. The van der Waals surface area contributed by atoms with E-state index in [9.17, 15) is 9.59 Å². The molecule has 0 saturated carbocycles. The summed E-state index contributed by atoms with van der Waals surface area (Å²) in [6.07, 6.45) is 1.62. The van der Waals surface area contributed by atoms with Gasteiger partial charge >= 0.3 is 0 Å². The topological polar surface area (TPSA) is 87.1 Å². The van der Waals surface area contributed by atoms with E-state index in [-0.39, 0.29) is 11.5 Å². The zero-order chi connectivity index (χ0) is 18.8. The number of aromatic amines is 1. The lowest BCUT2D eigenvalue weighted by Gasteiger charge is -2.34. The van der Waals surface area contributed by atoms with Crippen molar-refractivity contribution in [3.63, 3.8) is 0 Å². The van der Waals surface area contributed by atoms with Crippen molar-refractivity contribution in [2.45, 2.75) is 13.5 Å². The Hall–Kier alpha value is -3.00. The van der Waals surface area contributed by atoms with Gasteiger partial charge in [-0.05, 0) is 31.2 Å². The van der Waals surface area contributed by atoms with Gasteiger partial charge in [-0.1, -0.05) is 0 Å². The zero-order valence-corrected chi connectivity index (χ0v) is 15.3. The lowest BCUT2D eigenvalue weighted by molar-refractivity contribution is 0.0631. The lowest BCUT2D eigenvalue weighted by Crippen LogP contribution is -2.49. The molecule has 2 aromatic heterocycles. The summed E-state index contributed by atoms with van der Waals surface area (Å²) in [5.74, 6) is 0.889. The third-order valence-electron chi connectivity index (χ3n) is 4.92. The second-order valence-corrected chi connectivity index (χ2v) is 6.77. The summed E-state index contributed by atoms with van der Waals surface area (Å²) in [4.78, 5) is 36.2. The number of nitrogens with one attached hydrogen (secondary N) is 1. The van der Waals surface area contributed by atoms with E-state index >= 15 is 0 Å². The predicted molar refractivity (Wildman–Crippen MR) is 102 cm³/mol. The number of rotatable bonds is 4. The van der Waals surface area contributed by atoms with Crippen molar-refractivity contribution in [2.75, 3.05) is 32.7 Å². The van der Waals surface area contributed by atoms with Crippen molar-refractivity contribution in [3.05, 3.63) is 58.3 Å². The van der Waals surface area contributed by atoms with Crippen LogP contribution in [0.3, 0.4) is 0 Å². The Morgan fingerprint density at radius 1 is 1.15 bits per heavy atom. The molecule has 0 unspecified atom stereocenters. The van der Waals surface area contributed by atoms with E-state index in [0.29, 0.717) is 25.2 Å². The minimum Gasteiger partial charge on any atom is -0.342 e. The molecule has 0 bridgehead atoms. The number of nitrogens with zero attached hydrogens (tertiary/aromatic N) is 5. The molecule has 0 atom stereocenters. The van der Waals surface area contributed by atoms with Gasteiger partial charge in [-0.25, -0.2) is 9.67 Å². The molecule has 8 nitrogen and oxygen atoms in total. The number of carbonyl (C=O) groups excluding carboxylic acids is 1. The minimum absolute atomic E-state index is 0.0461. The fraction of sp³-hybridized carbons (Fsp3) is 0.368. The largest absolute Gasteiger partial charge is 0.342 e.